The molecule has 0 saturated heterocycles. The van der Waals surface area contributed by atoms with Gasteiger partial charge in [0.25, 0.3) is 0 Å². The number of anilines is 3. The third-order valence-electron chi connectivity index (χ3n) is 5.66. The van der Waals surface area contributed by atoms with E-state index in [4.69, 9.17) is 9.97 Å². The van der Waals surface area contributed by atoms with E-state index in [1.165, 1.54) is 11.1 Å². The summed E-state index contributed by atoms with van der Waals surface area (Å²) in [7, 11) is 2.03. The van der Waals surface area contributed by atoms with Crippen LogP contribution in [0.3, 0.4) is 0 Å². The molecule has 0 unspecified atom stereocenters. The van der Waals surface area contributed by atoms with Crippen molar-refractivity contribution >= 4 is 29.9 Å². The summed E-state index contributed by atoms with van der Waals surface area (Å²) in [6.45, 7) is 7.45. The summed E-state index contributed by atoms with van der Waals surface area (Å²) in [6.07, 6.45) is 1.05. The van der Waals surface area contributed by atoms with Crippen LogP contribution in [0.2, 0.25) is 0 Å². The van der Waals surface area contributed by atoms with Gasteiger partial charge in [0, 0.05) is 30.5 Å². The van der Waals surface area contributed by atoms with Crippen molar-refractivity contribution in [1.29, 1.82) is 0 Å². The van der Waals surface area contributed by atoms with Gasteiger partial charge in [-0.2, -0.15) is 4.98 Å². The van der Waals surface area contributed by atoms with Crippen LogP contribution in [0, 0.1) is 13.8 Å². The summed E-state index contributed by atoms with van der Waals surface area (Å²) < 4.78 is 0. The summed E-state index contributed by atoms with van der Waals surface area (Å²) >= 11 is 0. The zero-order valence-electron chi connectivity index (χ0n) is 16.9. The van der Waals surface area contributed by atoms with Gasteiger partial charge in [-0.15, -0.1) is 12.4 Å². The second kappa shape index (κ2) is 8.19. The van der Waals surface area contributed by atoms with Crippen molar-refractivity contribution in [1.82, 2.24) is 9.97 Å². The lowest BCUT2D eigenvalue weighted by Crippen LogP contribution is -2.35. The lowest BCUT2D eigenvalue weighted by molar-refractivity contribution is 0.614. The van der Waals surface area contributed by atoms with Gasteiger partial charge in [-0.25, -0.2) is 4.98 Å². The van der Waals surface area contributed by atoms with Gasteiger partial charge in [0.05, 0.1) is 6.04 Å². The average Bonchev–Trinajstić information content (AvgIpc) is 2.71. The number of rotatable bonds is 3. The molecule has 4 rings (SSSR count). The van der Waals surface area contributed by atoms with Crippen molar-refractivity contribution in [2.45, 2.75) is 33.2 Å². The second-order valence-electron chi connectivity index (χ2n) is 7.27. The maximum Gasteiger partial charge on any atom is 0.231 e. The van der Waals surface area contributed by atoms with Gasteiger partial charge in [0.1, 0.15) is 5.82 Å². The molecule has 2 aromatic carbocycles. The predicted octanol–water partition coefficient (Wildman–Crippen LogP) is 5.41. The number of hydrogen-bond acceptors (Lipinski definition) is 4. The van der Waals surface area contributed by atoms with Crippen molar-refractivity contribution in [3.8, 4) is 0 Å². The molecule has 0 saturated carbocycles. The van der Waals surface area contributed by atoms with Gasteiger partial charge in [-0.1, -0.05) is 42.5 Å². The fraction of sp³-hybridized carbons (Fsp3) is 0.304. The Hall–Kier alpha value is -2.59. The summed E-state index contributed by atoms with van der Waals surface area (Å²) in [6, 6.07) is 19.3. The monoisotopic (exact) mass is 394 g/mol. The largest absolute Gasteiger partial charge is 0.349 e. The molecule has 0 bridgehead atoms. The Kier molecular flexibility index (Phi) is 5.90. The first kappa shape index (κ1) is 20.2. The summed E-state index contributed by atoms with van der Waals surface area (Å²) in [4.78, 5) is 14.2. The first-order chi connectivity index (χ1) is 13.1. The molecule has 0 fully saturated rings. The molecule has 146 valence electrons. The van der Waals surface area contributed by atoms with Crippen molar-refractivity contribution in [2.24, 2.45) is 0 Å². The van der Waals surface area contributed by atoms with E-state index in [1.807, 2.05) is 25.2 Å². The van der Waals surface area contributed by atoms with E-state index < -0.39 is 0 Å². The molecule has 4 nitrogen and oxygen atoms in total. The van der Waals surface area contributed by atoms with E-state index in [1.54, 1.807) is 0 Å². The van der Waals surface area contributed by atoms with Crippen LogP contribution >= 0.6 is 12.4 Å². The summed E-state index contributed by atoms with van der Waals surface area (Å²) in [5, 5.41) is 0. The van der Waals surface area contributed by atoms with E-state index in [9.17, 15) is 0 Å². The summed E-state index contributed by atoms with van der Waals surface area (Å²) in [5.41, 5.74) is 6.13. The zero-order chi connectivity index (χ0) is 19.0. The van der Waals surface area contributed by atoms with Crippen molar-refractivity contribution in [3.63, 3.8) is 0 Å². The van der Waals surface area contributed by atoms with E-state index in [0.717, 1.165) is 41.7 Å². The second-order valence-corrected chi connectivity index (χ2v) is 7.27. The van der Waals surface area contributed by atoms with Gasteiger partial charge in [-0.3, -0.25) is 0 Å². The van der Waals surface area contributed by atoms with Crippen molar-refractivity contribution < 1.29 is 0 Å². The van der Waals surface area contributed by atoms with Crippen molar-refractivity contribution in [2.75, 3.05) is 23.4 Å². The Bertz CT molecular complexity index is 958. The number of nitrogens with zero attached hydrogens (tertiary/aromatic N) is 4. The fourth-order valence-corrected chi connectivity index (χ4v) is 3.86. The van der Waals surface area contributed by atoms with Crippen LogP contribution < -0.4 is 9.80 Å². The minimum atomic E-state index is 0. The molecule has 0 amide bonds. The van der Waals surface area contributed by atoms with E-state index in [-0.39, 0.29) is 12.4 Å². The highest BCUT2D eigenvalue weighted by Crippen LogP contribution is 2.35. The van der Waals surface area contributed by atoms with Gasteiger partial charge in [-0.05, 0) is 50.5 Å². The molecule has 1 atom stereocenters. The fourth-order valence-electron chi connectivity index (χ4n) is 3.86. The molecular formula is C23H27ClN4. The van der Waals surface area contributed by atoms with Crippen LogP contribution in [0.5, 0.6) is 0 Å². The third-order valence-corrected chi connectivity index (χ3v) is 5.66. The minimum Gasteiger partial charge on any atom is -0.349 e. The molecule has 5 heteroatoms. The van der Waals surface area contributed by atoms with Gasteiger partial charge in [0.15, 0.2) is 0 Å². The Morgan fingerprint density at radius 3 is 2.39 bits per heavy atom. The number of fused-ring (bicyclic) bond motifs is 1. The SMILES string of the molecule is Cc1nc(N(C)c2ccccc2)nc(N2CCc3ccccc3[C@@H]2C)c1C.Cl. The van der Waals surface area contributed by atoms with E-state index in [0.29, 0.717) is 6.04 Å². The summed E-state index contributed by atoms with van der Waals surface area (Å²) in [5.74, 6) is 1.78. The molecule has 0 spiro atoms. The third kappa shape index (κ3) is 3.57. The smallest absolute Gasteiger partial charge is 0.231 e. The molecule has 1 aromatic heterocycles. The maximum atomic E-state index is 5.00. The van der Waals surface area contributed by atoms with Crippen LogP contribution in [0.25, 0.3) is 0 Å². The molecule has 28 heavy (non-hydrogen) atoms. The van der Waals surface area contributed by atoms with Crippen LogP contribution in [0.1, 0.15) is 35.3 Å². The Labute approximate surface area is 173 Å². The average molecular weight is 395 g/mol. The van der Waals surface area contributed by atoms with Crippen LogP contribution in [-0.2, 0) is 6.42 Å². The van der Waals surface area contributed by atoms with Crippen LogP contribution in [0.15, 0.2) is 54.6 Å². The number of aryl methyl sites for hydroxylation is 1. The first-order valence-electron chi connectivity index (χ1n) is 9.54. The lowest BCUT2D eigenvalue weighted by atomic mass is 9.93. The minimum absolute atomic E-state index is 0. The number of hydrogen-bond donors (Lipinski definition) is 0. The van der Waals surface area contributed by atoms with Crippen molar-refractivity contribution in [3.05, 3.63) is 77.0 Å². The molecule has 0 radical (unpaired) electrons. The quantitative estimate of drug-likeness (QED) is 0.594. The molecule has 2 heterocycles. The number of para-hydroxylation sites is 1. The molecular weight excluding hydrogens is 368 g/mol. The number of benzene rings is 2. The first-order valence-corrected chi connectivity index (χ1v) is 9.54. The topological polar surface area (TPSA) is 32.3 Å². The maximum absolute atomic E-state index is 5.00. The highest BCUT2D eigenvalue weighted by molar-refractivity contribution is 5.85. The number of halogens is 1. The Morgan fingerprint density at radius 2 is 1.64 bits per heavy atom. The molecule has 1 aliphatic rings. The van der Waals surface area contributed by atoms with Gasteiger partial charge >= 0.3 is 0 Å². The Morgan fingerprint density at radius 1 is 0.964 bits per heavy atom. The van der Waals surface area contributed by atoms with Crippen LogP contribution in [-0.4, -0.2) is 23.6 Å². The standard InChI is InChI=1S/C23H26N4.ClH/c1-16-17(2)24-23(26(4)20-11-6-5-7-12-20)25-22(16)27-15-14-19-10-8-9-13-21(19)18(27)3;/h5-13,18H,14-15H2,1-4H3;1H/t18-;/m0./s1. The number of aromatic nitrogens is 2. The molecule has 3 aromatic rings. The highest BCUT2D eigenvalue weighted by atomic mass is 35.5. The van der Waals surface area contributed by atoms with E-state index >= 15 is 0 Å². The predicted molar refractivity (Wildman–Crippen MR) is 119 cm³/mol. The lowest BCUT2D eigenvalue weighted by Gasteiger charge is -2.37. The Balaban J connectivity index is 0.00000225. The van der Waals surface area contributed by atoms with Gasteiger partial charge in [0.2, 0.25) is 5.95 Å². The molecule has 0 aliphatic carbocycles. The normalized spacial score (nSPS) is 15.6. The molecule has 1 aliphatic heterocycles. The van der Waals surface area contributed by atoms with Gasteiger partial charge < -0.3 is 9.80 Å². The molecule has 0 N–H and O–H groups in total. The van der Waals surface area contributed by atoms with Crippen LogP contribution in [0.4, 0.5) is 17.5 Å². The highest BCUT2D eigenvalue weighted by Gasteiger charge is 2.27. The van der Waals surface area contributed by atoms with E-state index in [2.05, 4.69) is 67.0 Å². The zero-order valence-corrected chi connectivity index (χ0v) is 17.7.